The zero-order chi connectivity index (χ0) is 22.8. The molecule has 0 saturated heterocycles. The number of thiazole rings is 1. The van der Waals surface area contributed by atoms with Crippen LogP contribution in [0.4, 0.5) is 10.8 Å². The van der Waals surface area contributed by atoms with Gasteiger partial charge in [0.2, 0.25) is 15.7 Å². The van der Waals surface area contributed by atoms with Crippen molar-refractivity contribution in [2.45, 2.75) is 20.9 Å². The Morgan fingerprint density at radius 2 is 1.61 bits per heavy atom. The van der Waals surface area contributed by atoms with E-state index in [2.05, 4.69) is 10.3 Å². The minimum Gasteiger partial charge on any atom is -0.301 e. The van der Waals surface area contributed by atoms with E-state index in [1.54, 1.807) is 19.1 Å². The fraction of sp³-hybridized carbons (Fsp3) is 0.111. The van der Waals surface area contributed by atoms with Gasteiger partial charge in [-0.1, -0.05) is 29.0 Å². The molecule has 1 heterocycles. The Morgan fingerprint density at radius 3 is 2.19 bits per heavy atom. The predicted molar refractivity (Wildman–Crippen MR) is 113 cm³/mol. The van der Waals surface area contributed by atoms with Crippen molar-refractivity contribution in [3.05, 3.63) is 70.4 Å². The quantitative estimate of drug-likeness (QED) is 0.399. The summed E-state index contributed by atoms with van der Waals surface area (Å²) >= 11 is 0.638. The third-order valence-corrected chi connectivity index (χ3v) is 8.83. The number of hydrogen-bond acceptors (Lipinski definition) is 9. The molecule has 0 bridgehead atoms. The molecule has 162 valence electrons. The number of nitrogens with one attached hydrogen (secondary N) is 1. The summed E-state index contributed by atoms with van der Waals surface area (Å²) in [4.78, 5) is 25.8. The number of benzene rings is 2. The molecular weight excluding hydrogens is 466 g/mol. The lowest BCUT2D eigenvalue weighted by atomic mass is 10.2. The van der Waals surface area contributed by atoms with E-state index >= 15 is 0 Å². The van der Waals surface area contributed by atoms with Gasteiger partial charge in [-0.2, -0.15) is 0 Å². The van der Waals surface area contributed by atoms with Crippen molar-refractivity contribution in [3.63, 3.8) is 0 Å². The van der Waals surface area contributed by atoms with Gasteiger partial charge in [0.05, 0.1) is 20.9 Å². The topological polar surface area (TPSA) is 153 Å². The van der Waals surface area contributed by atoms with Gasteiger partial charge in [-0.25, -0.2) is 21.8 Å². The van der Waals surface area contributed by atoms with Gasteiger partial charge in [0.1, 0.15) is 9.96 Å². The number of nitro groups is 1. The number of sulfone groups is 2. The van der Waals surface area contributed by atoms with Crippen molar-refractivity contribution >= 4 is 47.7 Å². The largest absolute Gasteiger partial charge is 0.301 e. The molecule has 0 aliphatic carbocycles. The molecule has 3 aromatic rings. The van der Waals surface area contributed by atoms with E-state index in [4.69, 9.17) is 0 Å². The fourth-order valence-corrected chi connectivity index (χ4v) is 6.04. The number of aryl methyl sites for hydroxylation is 1. The first-order chi connectivity index (χ1) is 14.5. The van der Waals surface area contributed by atoms with Gasteiger partial charge in [0.25, 0.3) is 5.69 Å². The van der Waals surface area contributed by atoms with Gasteiger partial charge >= 0.3 is 0 Å². The molecule has 0 fully saturated rings. The minimum absolute atomic E-state index is 0.00572. The van der Waals surface area contributed by atoms with Crippen LogP contribution in [0.25, 0.3) is 0 Å². The van der Waals surface area contributed by atoms with E-state index in [-0.39, 0.29) is 24.8 Å². The van der Waals surface area contributed by atoms with E-state index in [9.17, 15) is 31.7 Å². The van der Waals surface area contributed by atoms with Crippen molar-refractivity contribution in [1.29, 1.82) is 0 Å². The van der Waals surface area contributed by atoms with Crippen LogP contribution in [0.1, 0.15) is 5.56 Å². The van der Waals surface area contributed by atoms with Crippen molar-refractivity contribution < 1.29 is 26.6 Å². The van der Waals surface area contributed by atoms with Crippen LogP contribution in [0.3, 0.4) is 0 Å². The zero-order valence-corrected chi connectivity index (χ0v) is 18.3. The van der Waals surface area contributed by atoms with E-state index < -0.39 is 36.3 Å². The molecule has 13 heteroatoms. The van der Waals surface area contributed by atoms with Crippen LogP contribution in [0, 0.1) is 17.0 Å². The van der Waals surface area contributed by atoms with Crippen molar-refractivity contribution in [2.24, 2.45) is 0 Å². The Bertz CT molecular complexity index is 1350. The van der Waals surface area contributed by atoms with Gasteiger partial charge in [-0.3, -0.25) is 14.9 Å². The van der Waals surface area contributed by atoms with Crippen LogP contribution in [0.5, 0.6) is 0 Å². The Hall–Kier alpha value is -3.16. The number of nitrogens with zero attached hydrogens (tertiary/aromatic N) is 2. The van der Waals surface area contributed by atoms with Gasteiger partial charge in [-0.15, -0.1) is 0 Å². The van der Waals surface area contributed by atoms with Gasteiger partial charge < -0.3 is 5.32 Å². The molecule has 3 rings (SSSR count). The maximum Gasteiger partial charge on any atom is 0.269 e. The molecule has 0 unspecified atom stereocenters. The number of rotatable bonds is 7. The van der Waals surface area contributed by atoms with Crippen LogP contribution in [-0.4, -0.2) is 38.4 Å². The Morgan fingerprint density at radius 1 is 1.03 bits per heavy atom. The summed E-state index contributed by atoms with van der Waals surface area (Å²) in [6.07, 6.45) is 1.02. The Balaban J connectivity index is 1.73. The highest BCUT2D eigenvalue weighted by Gasteiger charge is 2.24. The third kappa shape index (κ3) is 5.13. The SMILES string of the molecule is Cc1ccc(S(=O)(=O)CC(=O)Nc2ncc(S(=O)(=O)c3ccc([N+](=O)[O-])cc3)s2)cc1. The first-order valence-electron chi connectivity index (χ1n) is 8.54. The van der Waals surface area contributed by atoms with Crippen LogP contribution in [-0.2, 0) is 24.5 Å². The molecule has 0 aliphatic rings. The van der Waals surface area contributed by atoms with Crippen LogP contribution in [0.2, 0.25) is 0 Å². The molecule has 0 atom stereocenters. The monoisotopic (exact) mass is 481 g/mol. The highest BCUT2D eigenvalue weighted by molar-refractivity contribution is 7.93. The number of aromatic nitrogens is 1. The number of non-ortho nitro benzene ring substituents is 1. The molecular formula is C18H15N3O7S3. The summed E-state index contributed by atoms with van der Waals surface area (Å²) in [5.74, 6) is -1.70. The second-order valence-corrected chi connectivity index (χ2v) is 11.6. The average molecular weight is 482 g/mol. The van der Waals surface area contributed by atoms with E-state index in [1.807, 2.05) is 0 Å². The standard InChI is InChI=1S/C18H15N3O7S3/c1-12-2-6-14(7-3-12)30(25,26)11-16(22)20-18-19-10-17(29-18)31(27,28)15-8-4-13(5-9-15)21(23)24/h2-10H,11H2,1H3,(H,19,20,22). The summed E-state index contributed by atoms with van der Waals surface area (Å²) in [6, 6.07) is 10.3. The number of amides is 1. The summed E-state index contributed by atoms with van der Waals surface area (Å²) < 4.78 is 49.8. The molecule has 1 aromatic heterocycles. The average Bonchev–Trinajstić information content (AvgIpc) is 3.17. The zero-order valence-electron chi connectivity index (χ0n) is 15.9. The summed E-state index contributed by atoms with van der Waals surface area (Å²) in [6.45, 7) is 1.80. The lowest BCUT2D eigenvalue weighted by Crippen LogP contribution is -2.22. The van der Waals surface area contributed by atoms with Crippen LogP contribution in [0.15, 0.2) is 68.7 Å². The third-order valence-electron chi connectivity index (χ3n) is 4.05. The maximum atomic E-state index is 12.6. The normalized spacial score (nSPS) is 11.8. The first-order valence-corrected chi connectivity index (χ1v) is 12.5. The molecule has 1 N–H and O–H groups in total. The molecule has 1 amide bonds. The summed E-state index contributed by atoms with van der Waals surface area (Å²) in [5, 5.41) is 12.9. The molecule has 0 spiro atoms. The van der Waals surface area contributed by atoms with Gasteiger partial charge in [0.15, 0.2) is 15.0 Å². The maximum absolute atomic E-state index is 12.6. The van der Waals surface area contributed by atoms with E-state index in [1.165, 1.54) is 12.1 Å². The molecule has 10 nitrogen and oxygen atoms in total. The molecule has 31 heavy (non-hydrogen) atoms. The first kappa shape index (κ1) is 22.5. The van der Waals surface area contributed by atoms with Crippen molar-refractivity contribution in [1.82, 2.24) is 4.98 Å². The molecule has 0 aliphatic heterocycles. The van der Waals surface area contributed by atoms with E-state index in [0.29, 0.717) is 11.3 Å². The van der Waals surface area contributed by atoms with E-state index in [0.717, 1.165) is 36.0 Å². The Kier molecular flexibility index (Phi) is 6.20. The Labute approximate surface area is 181 Å². The number of carbonyl (C=O) groups is 1. The van der Waals surface area contributed by atoms with Crippen LogP contribution < -0.4 is 5.32 Å². The minimum atomic E-state index is -4.01. The smallest absolute Gasteiger partial charge is 0.269 e. The fourth-order valence-electron chi connectivity index (χ4n) is 2.46. The predicted octanol–water partition coefficient (Wildman–Crippen LogP) is 2.60. The summed E-state index contributed by atoms with van der Waals surface area (Å²) in [7, 11) is -7.90. The number of carbonyl (C=O) groups excluding carboxylic acids is 1. The van der Waals surface area contributed by atoms with Gasteiger partial charge in [0, 0.05) is 12.1 Å². The second kappa shape index (κ2) is 8.53. The van der Waals surface area contributed by atoms with Gasteiger partial charge in [-0.05, 0) is 31.2 Å². The van der Waals surface area contributed by atoms with Crippen molar-refractivity contribution in [3.8, 4) is 0 Å². The van der Waals surface area contributed by atoms with Crippen LogP contribution >= 0.6 is 11.3 Å². The second-order valence-electron chi connectivity index (χ2n) is 6.36. The highest BCUT2D eigenvalue weighted by Crippen LogP contribution is 2.29. The molecule has 2 aromatic carbocycles. The van der Waals surface area contributed by atoms with Crippen molar-refractivity contribution in [2.75, 3.05) is 11.1 Å². The number of nitro benzene ring substituents is 1. The highest BCUT2D eigenvalue weighted by atomic mass is 32.2. The molecule has 0 radical (unpaired) electrons. The lowest BCUT2D eigenvalue weighted by Gasteiger charge is -2.05. The number of anilines is 1. The number of hydrogen-bond donors (Lipinski definition) is 1. The molecule has 0 saturated carbocycles. The lowest BCUT2D eigenvalue weighted by molar-refractivity contribution is -0.384. The summed E-state index contributed by atoms with van der Waals surface area (Å²) in [5.41, 5.74) is 0.610.